The number of aromatic amines is 1. The molecular formula is C17H23ClN4O2. The number of hydrogen-bond acceptors (Lipinski definition) is 5. The van der Waals surface area contributed by atoms with E-state index in [0.717, 1.165) is 48.9 Å². The van der Waals surface area contributed by atoms with Crippen LogP contribution < -0.4 is 14.8 Å². The molecule has 2 N–H and O–H groups in total. The summed E-state index contributed by atoms with van der Waals surface area (Å²) in [7, 11) is 0. The van der Waals surface area contributed by atoms with Crippen LogP contribution in [0.1, 0.15) is 12.5 Å². The van der Waals surface area contributed by atoms with Crippen molar-refractivity contribution < 1.29 is 9.47 Å². The zero-order valence-corrected chi connectivity index (χ0v) is 14.6. The number of rotatable bonds is 3. The van der Waals surface area contributed by atoms with Gasteiger partial charge in [0, 0.05) is 43.3 Å². The molecule has 4 rings (SSSR count). The van der Waals surface area contributed by atoms with E-state index in [9.17, 15) is 0 Å². The Morgan fingerprint density at radius 3 is 2.92 bits per heavy atom. The number of H-pyrrole nitrogens is 1. The maximum atomic E-state index is 5.69. The molecule has 7 heteroatoms. The maximum absolute atomic E-state index is 5.69. The fourth-order valence-corrected chi connectivity index (χ4v) is 3.28. The molecule has 0 spiro atoms. The number of fused-ring (bicyclic) bond motifs is 1. The zero-order chi connectivity index (χ0) is 15.6. The molecule has 1 aromatic carbocycles. The van der Waals surface area contributed by atoms with Crippen LogP contribution in [-0.4, -0.2) is 54.0 Å². The quantitative estimate of drug-likeness (QED) is 0.887. The Morgan fingerprint density at radius 1 is 1.25 bits per heavy atom. The molecule has 0 bridgehead atoms. The van der Waals surface area contributed by atoms with Crippen molar-refractivity contribution in [3.8, 4) is 22.8 Å². The molecule has 0 radical (unpaired) electrons. The molecular weight excluding hydrogens is 328 g/mol. The van der Waals surface area contributed by atoms with E-state index in [2.05, 4.69) is 33.4 Å². The highest BCUT2D eigenvalue weighted by molar-refractivity contribution is 5.85. The van der Waals surface area contributed by atoms with Gasteiger partial charge in [0.15, 0.2) is 11.5 Å². The van der Waals surface area contributed by atoms with Crippen molar-refractivity contribution in [1.82, 2.24) is 20.4 Å². The zero-order valence-electron chi connectivity index (χ0n) is 13.7. The molecule has 1 atom stereocenters. The van der Waals surface area contributed by atoms with Gasteiger partial charge in [0.05, 0.1) is 11.9 Å². The molecule has 2 aromatic rings. The number of aromatic nitrogens is 2. The Balaban J connectivity index is 0.00000169. The van der Waals surface area contributed by atoms with E-state index < -0.39 is 0 Å². The summed E-state index contributed by atoms with van der Waals surface area (Å²) in [6.07, 6.45) is 1.93. The number of hydrogen-bond donors (Lipinski definition) is 2. The lowest BCUT2D eigenvalue weighted by Crippen LogP contribution is -2.48. The summed E-state index contributed by atoms with van der Waals surface area (Å²) in [5.41, 5.74) is 3.37. The van der Waals surface area contributed by atoms with Gasteiger partial charge in [-0.3, -0.25) is 10.00 Å². The molecule has 1 saturated heterocycles. The first-order valence-electron chi connectivity index (χ1n) is 8.17. The number of nitrogens with one attached hydrogen (secondary N) is 2. The first-order valence-corrected chi connectivity index (χ1v) is 8.17. The van der Waals surface area contributed by atoms with Gasteiger partial charge in [0.2, 0.25) is 0 Å². The summed E-state index contributed by atoms with van der Waals surface area (Å²) >= 11 is 0. The SMILES string of the molecule is C[C@H]1CN(Cc2cn[nH]c2-c2ccc3c(c2)OCCO3)CCN1.Cl. The first kappa shape index (κ1) is 17.1. The lowest BCUT2D eigenvalue weighted by molar-refractivity contribution is 0.171. The average molecular weight is 351 g/mol. The molecule has 0 amide bonds. The predicted molar refractivity (Wildman–Crippen MR) is 95.0 cm³/mol. The van der Waals surface area contributed by atoms with E-state index in [1.165, 1.54) is 5.56 Å². The molecule has 6 nitrogen and oxygen atoms in total. The van der Waals surface area contributed by atoms with Crippen LogP contribution in [-0.2, 0) is 6.54 Å². The van der Waals surface area contributed by atoms with Crippen molar-refractivity contribution in [2.45, 2.75) is 19.5 Å². The molecule has 2 aliphatic heterocycles. The van der Waals surface area contributed by atoms with Gasteiger partial charge in [-0.2, -0.15) is 5.10 Å². The van der Waals surface area contributed by atoms with E-state index in [0.29, 0.717) is 19.3 Å². The van der Waals surface area contributed by atoms with Crippen LogP contribution in [0.4, 0.5) is 0 Å². The Hall–Kier alpha value is -1.76. The predicted octanol–water partition coefficient (Wildman–Crippen LogP) is 2.06. The van der Waals surface area contributed by atoms with Gasteiger partial charge in [0.1, 0.15) is 13.2 Å². The van der Waals surface area contributed by atoms with Gasteiger partial charge < -0.3 is 14.8 Å². The van der Waals surface area contributed by atoms with E-state index in [-0.39, 0.29) is 12.4 Å². The normalized spacial score (nSPS) is 20.5. The summed E-state index contributed by atoms with van der Waals surface area (Å²) < 4.78 is 11.3. The average Bonchev–Trinajstić information content (AvgIpc) is 3.02. The minimum Gasteiger partial charge on any atom is -0.486 e. The maximum Gasteiger partial charge on any atom is 0.162 e. The van der Waals surface area contributed by atoms with Gasteiger partial charge in [-0.1, -0.05) is 0 Å². The number of piperazine rings is 1. The van der Waals surface area contributed by atoms with Crippen molar-refractivity contribution in [2.24, 2.45) is 0 Å². The van der Waals surface area contributed by atoms with Crippen molar-refractivity contribution in [2.75, 3.05) is 32.8 Å². The second-order valence-corrected chi connectivity index (χ2v) is 6.22. The fourth-order valence-electron chi connectivity index (χ4n) is 3.28. The minimum atomic E-state index is 0. The summed E-state index contributed by atoms with van der Waals surface area (Å²) in [5, 5.41) is 10.9. The van der Waals surface area contributed by atoms with Gasteiger partial charge in [-0.25, -0.2) is 0 Å². The Kier molecular flexibility index (Phi) is 5.28. The molecule has 0 saturated carbocycles. The van der Waals surface area contributed by atoms with Crippen LogP contribution in [0.25, 0.3) is 11.3 Å². The molecule has 0 aliphatic carbocycles. The molecule has 3 heterocycles. The van der Waals surface area contributed by atoms with Gasteiger partial charge in [-0.15, -0.1) is 12.4 Å². The number of benzene rings is 1. The molecule has 24 heavy (non-hydrogen) atoms. The van der Waals surface area contributed by atoms with E-state index in [1.807, 2.05) is 18.3 Å². The standard InChI is InChI=1S/C17H22N4O2.ClH/c1-12-10-21(5-4-18-12)11-14-9-19-20-17(14)13-2-3-15-16(8-13)23-7-6-22-15;/h2-3,8-9,12,18H,4-7,10-11H2,1H3,(H,19,20);1H/t12-;/m0./s1. The van der Waals surface area contributed by atoms with Gasteiger partial charge >= 0.3 is 0 Å². The third kappa shape index (κ3) is 3.50. The van der Waals surface area contributed by atoms with E-state index in [1.54, 1.807) is 0 Å². The fraction of sp³-hybridized carbons (Fsp3) is 0.471. The van der Waals surface area contributed by atoms with Gasteiger partial charge in [-0.05, 0) is 25.1 Å². The molecule has 130 valence electrons. The third-order valence-corrected chi connectivity index (χ3v) is 4.40. The lowest BCUT2D eigenvalue weighted by Gasteiger charge is -2.31. The third-order valence-electron chi connectivity index (χ3n) is 4.40. The van der Waals surface area contributed by atoms with Crippen LogP contribution in [0, 0.1) is 0 Å². The van der Waals surface area contributed by atoms with Gasteiger partial charge in [0.25, 0.3) is 0 Å². The van der Waals surface area contributed by atoms with Crippen molar-refractivity contribution >= 4 is 12.4 Å². The summed E-state index contributed by atoms with van der Waals surface area (Å²) in [6, 6.07) is 6.60. The molecule has 1 fully saturated rings. The summed E-state index contributed by atoms with van der Waals surface area (Å²) in [5.74, 6) is 1.63. The topological polar surface area (TPSA) is 62.4 Å². The first-order chi connectivity index (χ1) is 11.3. The number of nitrogens with zero attached hydrogens (tertiary/aromatic N) is 2. The van der Waals surface area contributed by atoms with Crippen LogP contribution in [0.15, 0.2) is 24.4 Å². The number of halogens is 1. The monoisotopic (exact) mass is 350 g/mol. The largest absolute Gasteiger partial charge is 0.486 e. The second-order valence-electron chi connectivity index (χ2n) is 6.22. The van der Waals surface area contributed by atoms with Crippen molar-refractivity contribution in [1.29, 1.82) is 0 Å². The Labute approximate surface area is 147 Å². The van der Waals surface area contributed by atoms with Crippen LogP contribution in [0.3, 0.4) is 0 Å². The highest BCUT2D eigenvalue weighted by Gasteiger charge is 2.19. The second kappa shape index (κ2) is 7.42. The summed E-state index contributed by atoms with van der Waals surface area (Å²) in [6.45, 7) is 7.52. The van der Waals surface area contributed by atoms with Crippen molar-refractivity contribution in [3.05, 3.63) is 30.0 Å². The molecule has 0 unspecified atom stereocenters. The van der Waals surface area contributed by atoms with E-state index >= 15 is 0 Å². The van der Waals surface area contributed by atoms with Crippen LogP contribution in [0.5, 0.6) is 11.5 Å². The number of ether oxygens (including phenoxy) is 2. The summed E-state index contributed by atoms with van der Waals surface area (Å²) in [4.78, 5) is 2.47. The van der Waals surface area contributed by atoms with Crippen molar-refractivity contribution in [3.63, 3.8) is 0 Å². The highest BCUT2D eigenvalue weighted by Crippen LogP contribution is 2.35. The molecule has 1 aromatic heterocycles. The minimum absolute atomic E-state index is 0. The Bertz CT molecular complexity index is 691. The Morgan fingerprint density at radius 2 is 2.08 bits per heavy atom. The smallest absolute Gasteiger partial charge is 0.162 e. The van der Waals surface area contributed by atoms with Crippen LogP contribution in [0.2, 0.25) is 0 Å². The van der Waals surface area contributed by atoms with E-state index in [4.69, 9.17) is 9.47 Å². The molecule has 2 aliphatic rings. The van der Waals surface area contributed by atoms with Crippen LogP contribution >= 0.6 is 12.4 Å². The lowest BCUT2D eigenvalue weighted by atomic mass is 10.1. The highest BCUT2D eigenvalue weighted by atomic mass is 35.5.